The first-order valence-electron chi connectivity index (χ1n) is 10.0. The van der Waals surface area contributed by atoms with Gasteiger partial charge in [0.15, 0.2) is 0 Å². The minimum atomic E-state index is -0.672. The molecule has 156 valence electrons. The summed E-state index contributed by atoms with van der Waals surface area (Å²) in [6, 6.07) is 5.09. The van der Waals surface area contributed by atoms with Gasteiger partial charge < -0.3 is 4.74 Å². The van der Waals surface area contributed by atoms with E-state index in [2.05, 4.69) is 5.32 Å². The van der Waals surface area contributed by atoms with Crippen molar-refractivity contribution in [3.63, 3.8) is 0 Å². The smallest absolute Gasteiger partial charge is 0.329 e. The van der Waals surface area contributed by atoms with Crippen LogP contribution in [-0.2, 0) is 32.6 Å². The Morgan fingerprint density at radius 3 is 2.72 bits per heavy atom. The number of nitrogens with zero attached hydrogens (tertiary/aromatic N) is 2. The summed E-state index contributed by atoms with van der Waals surface area (Å²) < 4.78 is 8.53. The maximum Gasteiger partial charge on any atom is 0.329 e. The molecule has 2 amide bonds. The highest BCUT2D eigenvalue weighted by Crippen LogP contribution is 2.24. The minimum absolute atomic E-state index is 0.205. The van der Waals surface area contributed by atoms with Gasteiger partial charge in [0.05, 0.1) is 17.6 Å². The van der Waals surface area contributed by atoms with E-state index < -0.39 is 11.9 Å². The zero-order valence-corrected chi connectivity index (χ0v) is 16.9. The Morgan fingerprint density at radius 1 is 1.21 bits per heavy atom. The Kier molecular flexibility index (Phi) is 6.64. The van der Waals surface area contributed by atoms with Crippen molar-refractivity contribution in [1.82, 2.24) is 14.5 Å². The summed E-state index contributed by atoms with van der Waals surface area (Å²) in [7, 11) is 1.69. The van der Waals surface area contributed by atoms with Crippen molar-refractivity contribution < 1.29 is 19.1 Å². The molecule has 0 spiro atoms. The van der Waals surface area contributed by atoms with Crippen molar-refractivity contribution in [3.8, 4) is 0 Å². The van der Waals surface area contributed by atoms with E-state index in [0.29, 0.717) is 38.0 Å². The number of aromatic nitrogens is 2. The average Bonchev–Trinajstić information content (AvgIpc) is 2.95. The number of carbonyl (C=O) groups is 3. The van der Waals surface area contributed by atoms with Crippen LogP contribution in [0.15, 0.2) is 23.0 Å². The molecule has 0 aliphatic carbocycles. The molecule has 1 atom stereocenters. The summed E-state index contributed by atoms with van der Waals surface area (Å²) in [4.78, 5) is 47.6. The van der Waals surface area contributed by atoms with Crippen molar-refractivity contribution in [3.05, 3.63) is 34.2 Å². The third kappa shape index (κ3) is 4.64. The van der Waals surface area contributed by atoms with Gasteiger partial charge in [-0.05, 0) is 37.0 Å². The SMILES string of the molecule is CCC(=O)CCOCCCc1ccc2c(c1)n(C)c(=O)n2C1CCC(=O)NC1=O. The lowest BCUT2D eigenvalue weighted by atomic mass is 10.1. The molecule has 1 unspecified atom stereocenters. The Hall–Kier alpha value is -2.74. The number of benzene rings is 1. The van der Waals surface area contributed by atoms with Crippen molar-refractivity contribution in [1.29, 1.82) is 0 Å². The van der Waals surface area contributed by atoms with Gasteiger partial charge in [0.25, 0.3) is 0 Å². The zero-order chi connectivity index (χ0) is 21.0. The van der Waals surface area contributed by atoms with E-state index in [1.54, 1.807) is 7.05 Å². The Bertz CT molecular complexity index is 988. The van der Waals surface area contributed by atoms with Gasteiger partial charge in [0, 0.05) is 32.9 Å². The van der Waals surface area contributed by atoms with E-state index in [1.807, 2.05) is 25.1 Å². The highest BCUT2D eigenvalue weighted by molar-refractivity contribution is 6.00. The highest BCUT2D eigenvalue weighted by Gasteiger charge is 2.31. The fraction of sp³-hybridized carbons (Fsp3) is 0.524. The number of aryl methyl sites for hydroxylation is 2. The lowest BCUT2D eigenvalue weighted by Gasteiger charge is -2.21. The third-order valence-electron chi connectivity index (χ3n) is 5.35. The second-order valence-corrected chi connectivity index (χ2v) is 7.36. The molecule has 0 saturated carbocycles. The van der Waals surface area contributed by atoms with Crippen molar-refractivity contribution in [2.75, 3.05) is 13.2 Å². The number of ether oxygens (including phenoxy) is 1. The molecule has 3 rings (SSSR count). The van der Waals surface area contributed by atoms with E-state index in [0.717, 1.165) is 23.9 Å². The van der Waals surface area contributed by atoms with Gasteiger partial charge in [0.1, 0.15) is 11.8 Å². The summed E-state index contributed by atoms with van der Waals surface area (Å²) in [5.41, 5.74) is 2.24. The fourth-order valence-electron chi connectivity index (χ4n) is 3.64. The summed E-state index contributed by atoms with van der Waals surface area (Å²) in [5, 5.41) is 2.31. The molecular formula is C21H27N3O5. The largest absolute Gasteiger partial charge is 0.381 e. The number of rotatable bonds is 9. The summed E-state index contributed by atoms with van der Waals surface area (Å²) in [6.45, 7) is 2.87. The average molecular weight is 401 g/mol. The molecule has 0 bridgehead atoms. The summed E-state index contributed by atoms with van der Waals surface area (Å²) in [5.74, 6) is -0.529. The quantitative estimate of drug-likeness (QED) is 0.509. The Balaban J connectivity index is 1.69. The van der Waals surface area contributed by atoms with Gasteiger partial charge in [-0.15, -0.1) is 0 Å². The zero-order valence-electron chi connectivity index (χ0n) is 16.9. The van der Waals surface area contributed by atoms with Crippen LogP contribution >= 0.6 is 0 Å². The van der Waals surface area contributed by atoms with Crippen LogP contribution < -0.4 is 11.0 Å². The fourth-order valence-corrected chi connectivity index (χ4v) is 3.64. The van der Waals surface area contributed by atoms with Crippen molar-refractivity contribution in [2.45, 2.75) is 51.5 Å². The van der Waals surface area contributed by atoms with Crippen LogP contribution in [0.2, 0.25) is 0 Å². The second kappa shape index (κ2) is 9.17. The molecule has 1 aliphatic heterocycles. The lowest BCUT2D eigenvalue weighted by Crippen LogP contribution is -2.44. The van der Waals surface area contributed by atoms with Crippen LogP contribution in [0.4, 0.5) is 0 Å². The number of imidazole rings is 1. The van der Waals surface area contributed by atoms with E-state index in [-0.39, 0.29) is 23.8 Å². The number of ketones is 1. The van der Waals surface area contributed by atoms with Crippen LogP contribution in [0, 0.1) is 0 Å². The number of carbonyl (C=O) groups excluding carboxylic acids is 3. The first kappa shape index (κ1) is 21.0. The molecule has 0 radical (unpaired) electrons. The van der Waals surface area contributed by atoms with Gasteiger partial charge in [-0.3, -0.25) is 28.8 Å². The molecule has 1 fully saturated rings. The van der Waals surface area contributed by atoms with Gasteiger partial charge in [0.2, 0.25) is 11.8 Å². The molecule has 8 nitrogen and oxygen atoms in total. The topological polar surface area (TPSA) is 99.4 Å². The number of Topliss-reactive ketones (excluding diaryl/α,β-unsaturated/α-hetero) is 1. The first-order valence-corrected chi connectivity index (χ1v) is 10.0. The molecule has 8 heteroatoms. The maximum absolute atomic E-state index is 12.8. The monoisotopic (exact) mass is 401 g/mol. The third-order valence-corrected chi connectivity index (χ3v) is 5.35. The van der Waals surface area contributed by atoms with Crippen molar-refractivity contribution in [2.24, 2.45) is 7.05 Å². The minimum Gasteiger partial charge on any atom is -0.381 e. The predicted octanol–water partition coefficient (Wildman–Crippen LogP) is 1.64. The number of fused-ring (bicyclic) bond motifs is 1. The van der Waals surface area contributed by atoms with Crippen LogP contribution in [0.25, 0.3) is 11.0 Å². The first-order chi connectivity index (χ1) is 13.9. The normalized spacial score (nSPS) is 17.0. The molecule has 1 aliphatic rings. The van der Waals surface area contributed by atoms with E-state index in [4.69, 9.17) is 4.74 Å². The molecule has 1 aromatic carbocycles. The molecule has 1 N–H and O–H groups in total. The number of hydrogen-bond donors (Lipinski definition) is 1. The van der Waals surface area contributed by atoms with E-state index in [9.17, 15) is 19.2 Å². The van der Waals surface area contributed by atoms with Crippen molar-refractivity contribution >= 4 is 28.6 Å². The Morgan fingerprint density at radius 2 is 2.00 bits per heavy atom. The van der Waals surface area contributed by atoms with E-state index >= 15 is 0 Å². The van der Waals surface area contributed by atoms with Gasteiger partial charge in [-0.1, -0.05) is 13.0 Å². The molecule has 2 heterocycles. The number of hydrogen-bond acceptors (Lipinski definition) is 5. The van der Waals surface area contributed by atoms with Gasteiger partial charge in [-0.25, -0.2) is 4.79 Å². The number of piperidine rings is 1. The molecule has 29 heavy (non-hydrogen) atoms. The second-order valence-electron chi connectivity index (χ2n) is 7.36. The van der Waals surface area contributed by atoms with Crippen LogP contribution in [-0.4, -0.2) is 39.9 Å². The summed E-state index contributed by atoms with van der Waals surface area (Å²) >= 11 is 0. The van der Waals surface area contributed by atoms with Gasteiger partial charge >= 0.3 is 5.69 Å². The molecule has 2 aromatic rings. The Labute approximate surface area is 168 Å². The van der Waals surface area contributed by atoms with Crippen LogP contribution in [0.3, 0.4) is 0 Å². The number of amides is 2. The highest BCUT2D eigenvalue weighted by atomic mass is 16.5. The summed E-state index contributed by atoms with van der Waals surface area (Å²) in [6.07, 6.45) is 3.15. The molecule has 1 saturated heterocycles. The van der Waals surface area contributed by atoms with Crippen LogP contribution in [0.1, 0.15) is 50.6 Å². The predicted molar refractivity (Wildman–Crippen MR) is 108 cm³/mol. The standard InChI is InChI=1S/C21H27N3O5/c1-3-15(25)10-12-29-11-4-5-14-6-7-16-18(13-14)23(2)21(28)24(16)17-8-9-19(26)22-20(17)27/h6-7,13,17H,3-5,8-12H2,1-2H3,(H,22,26,27). The maximum atomic E-state index is 12.8. The van der Waals surface area contributed by atoms with Crippen LogP contribution in [0.5, 0.6) is 0 Å². The lowest BCUT2D eigenvalue weighted by molar-refractivity contribution is -0.135. The molecular weight excluding hydrogens is 374 g/mol. The van der Waals surface area contributed by atoms with Gasteiger partial charge in [-0.2, -0.15) is 0 Å². The molecule has 1 aromatic heterocycles. The van der Waals surface area contributed by atoms with E-state index in [1.165, 1.54) is 9.13 Å². The number of nitrogens with one attached hydrogen (secondary N) is 1. The number of imide groups is 1.